The Kier molecular flexibility index (Phi) is 3.85. The topological polar surface area (TPSA) is 87.6 Å². The van der Waals surface area contributed by atoms with E-state index in [9.17, 15) is 4.57 Å². The van der Waals surface area contributed by atoms with Gasteiger partial charge in [0.2, 0.25) is 6.35 Å². The summed E-state index contributed by atoms with van der Waals surface area (Å²) in [6.45, 7) is 0. The lowest BCUT2D eigenvalue weighted by atomic mass is 11.1. The van der Waals surface area contributed by atoms with Gasteiger partial charge in [-0.25, -0.2) is 0 Å². The highest BCUT2D eigenvalue weighted by Crippen LogP contribution is 2.20. The number of hydrogen-bond donors (Lipinski definition) is 2. The van der Waals surface area contributed by atoms with Gasteiger partial charge >= 0.3 is 8.25 Å². The molecule has 0 fully saturated rings. The lowest BCUT2D eigenvalue weighted by molar-refractivity contribution is 0.188. The Hall–Kier alpha value is -0.0600. The Bertz CT molecular complexity index is 85.4. The van der Waals surface area contributed by atoms with Crippen molar-refractivity contribution in [1.29, 1.82) is 0 Å². The molecule has 0 aromatic heterocycles. The van der Waals surface area contributed by atoms with Crippen molar-refractivity contribution in [1.82, 2.24) is 0 Å². The summed E-state index contributed by atoms with van der Waals surface area (Å²) in [6, 6.07) is 0. The van der Waals surface area contributed by atoms with Crippen LogP contribution < -0.4 is 11.5 Å². The smallest absolute Gasteiger partial charge is 0.289 e. The fraction of sp³-hybridized carbons (Fsp3) is 1.00. The van der Waals surface area contributed by atoms with Gasteiger partial charge in [-0.3, -0.25) is 11.5 Å². The van der Waals surface area contributed by atoms with Gasteiger partial charge in [-0.2, -0.15) is 0 Å². The van der Waals surface area contributed by atoms with E-state index < -0.39 is 14.6 Å². The molecular formula is C2H8N2O3P+. The molecule has 1 atom stereocenters. The molecule has 5 nitrogen and oxygen atoms in total. The second-order valence-electron chi connectivity index (χ2n) is 0.976. The van der Waals surface area contributed by atoms with E-state index in [1.54, 1.807) is 0 Å². The van der Waals surface area contributed by atoms with Gasteiger partial charge in [-0.15, -0.1) is 4.52 Å². The van der Waals surface area contributed by atoms with Crippen molar-refractivity contribution in [3.63, 3.8) is 0 Å². The third-order valence-corrected chi connectivity index (χ3v) is 1.07. The van der Waals surface area contributed by atoms with Gasteiger partial charge in [-0.1, -0.05) is 4.52 Å². The van der Waals surface area contributed by atoms with Crippen LogP contribution in [0.4, 0.5) is 0 Å². The zero-order valence-corrected chi connectivity index (χ0v) is 5.30. The summed E-state index contributed by atoms with van der Waals surface area (Å²) in [5, 5.41) is 0. The van der Waals surface area contributed by atoms with Crippen LogP contribution in [0.15, 0.2) is 0 Å². The normalized spacial score (nSPS) is 12.2. The fourth-order valence-corrected chi connectivity index (χ4v) is 0.427. The van der Waals surface area contributed by atoms with Gasteiger partial charge in [0.15, 0.2) is 0 Å². The first kappa shape index (κ1) is 7.94. The molecular weight excluding hydrogens is 131 g/mol. The average molecular weight is 139 g/mol. The molecule has 0 saturated heterocycles. The summed E-state index contributed by atoms with van der Waals surface area (Å²) < 4.78 is 18.6. The van der Waals surface area contributed by atoms with Crippen LogP contribution in [0.5, 0.6) is 0 Å². The second kappa shape index (κ2) is 3.88. The van der Waals surface area contributed by atoms with E-state index in [1.165, 1.54) is 7.11 Å². The lowest BCUT2D eigenvalue weighted by Crippen LogP contribution is -2.31. The van der Waals surface area contributed by atoms with Crippen molar-refractivity contribution in [3.05, 3.63) is 0 Å². The van der Waals surface area contributed by atoms with Gasteiger partial charge < -0.3 is 0 Å². The highest BCUT2D eigenvalue weighted by molar-refractivity contribution is 7.33. The minimum Gasteiger partial charge on any atom is -0.289 e. The molecule has 0 saturated carbocycles. The van der Waals surface area contributed by atoms with Crippen LogP contribution in [-0.4, -0.2) is 13.5 Å². The maximum atomic E-state index is 10.2. The molecule has 0 heterocycles. The molecule has 48 valence electrons. The highest BCUT2D eigenvalue weighted by Gasteiger charge is 2.19. The first-order valence-electron chi connectivity index (χ1n) is 1.86. The molecule has 8 heavy (non-hydrogen) atoms. The molecule has 0 spiro atoms. The lowest BCUT2D eigenvalue weighted by Gasteiger charge is -1.89. The summed E-state index contributed by atoms with van der Waals surface area (Å²) in [6.07, 6.45) is -1.03. The van der Waals surface area contributed by atoms with Crippen LogP contribution in [0.25, 0.3) is 0 Å². The Balaban J connectivity index is 3.25. The van der Waals surface area contributed by atoms with Crippen molar-refractivity contribution in [2.45, 2.75) is 6.35 Å². The van der Waals surface area contributed by atoms with E-state index in [-0.39, 0.29) is 0 Å². The first-order chi connectivity index (χ1) is 3.66. The molecule has 0 aliphatic carbocycles. The molecule has 1 unspecified atom stereocenters. The van der Waals surface area contributed by atoms with E-state index in [2.05, 4.69) is 9.05 Å². The Morgan fingerprint density at radius 2 is 2.12 bits per heavy atom. The molecule has 0 aromatic rings. The maximum Gasteiger partial charge on any atom is 0.700 e. The van der Waals surface area contributed by atoms with E-state index in [0.717, 1.165) is 0 Å². The van der Waals surface area contributed by atoms with Crippen LogP contribution in [-0.2, 0) is 13.6 Å². The first-order valence-corrected chi connectivity index (χ1v) is 2.95. The predicted molar refractivity (Wildman–Crippen MR) is 27.9 cm³/mol. The molecule has 6 heteroatoms. The minimum atomic E-state index is -2.12. The largest absolute Gasteiger partial charge is 0.700 e. The summed E-state index contributed by atoms with van der Waals surface area (Å²) in [4.78, 5) is 0. The van der Waals surface area contributed by atoms with E-state index >= 15 is 0 Å². The van der Waals surface area contributed by atoms with Crippen molar-refractivity contribution in [3.8, 4) is 0 Å². The molecule has 0 amide bonds. The molecule has 0 aliphatic heterocycles. The SMILES string of the molecule is CO[P+](=O)OC(N)N. The van der Waals surface area contributed by atoms with Crippen molar-refractivity contribution >= 4 is 8.25 Å². The van der Waals surface area contributed by atoms with Crippen LogP contribution in [0.1, 0.15) is 0 Å². The van der Waals surface area contributed by atoms with Crippen molar-refractivity contribution in [2.75, 3.05) is 7.11 Å². The van der Waals surface area contributed by atoms with E-state index in [0.29, 0.717) is 0 Å². The van der Waals surface area contributed by atoms with E-state index in [4.69, 9.17) is 11.5 Å². The number of rotatable bonds is 3. The molecule has 0 radical (unpaired) electrons. The predicted octanol–water partition coefficient (Wildman–Crippen LogP) is -0.492. The maximum absolute atomic E-state index is 10.2. The average Bonchev–Trinajstić information content (AvgIpc) is 1.65. The van der Waals surface area contributed by atoms with Gasteiger partial charge in [0, 0.05) is 4.57 Å². The molecule has 0 aliphatic rings. The van der Waals surface area contributed by atoms with Gasteiger partial charge in [0.25, 0.3) is 0 Å². The van der Waals surface area contributed by atoms with Crippen LogP contribution in [0, 0.1) is 0 Å². The highest BCUT2D eigenvalue weighted by atomic mass is 31.1. The molecule has 0 aromatic carbocycles. The van der Waals surface area contributed by atoms with Gasteiger partial charge in [-0.05, 0) is 0 Å². The standard InChI is InChI=1S/C2H8N2O3P/c1-6-8(5)7-2(3)4/h2H,3-4H2,1H3/q+1. The summed E-state index contributed by atoms with van der Waals surface area (Å²) in [7, 11) is -0.881. The fourth-order valence-electron chi connectivity index (χ4n) is 0.142. The van der Waals surface area contributed by atoms with Gasteiger partial charge in [0.1, 0.15) is 0 Å². The summed E-state index contributed by atoms with van der Waals surface area (Å²) >= 11 is 0. The zero-order valence-electron chi connectivity index (χ0n) is 4.40. The third-order valence-electron chi connectivity index (χ3n) is 0.357. The zero-order chi connectivity index (χ0) is 6.57. The second-order valence-corrected chi connectivity index (χ2v) is 2.00. The van der Waals surface area contributed by atoms with Crippen molar-refractivity contribution in [2.24, 2.45) is 11.5 Å². The minimum absolute atomic E-state index is 1.03. The summed E-state index contributed by atoms with van der Waals surface area (Å²) in [5.41, 5.74) is 9.72. The van der Waals surface area contributed by atoms with Crippen LogP contribution >= 0.6 is 8.25 Å². The third kappa shape index (κ3) is 4.11. The monoisotopic (exact) mass is 139 g/mol. The van der Waals surface area contributed by atoms with Gasteiger partial charge in [0.05, 0.1) is 7.11 Å². The Morgan fingerprint density at radius 3 is 2.25 bits per heavy atom. The van der Waals surface area contributed by atoms with E-state index in [1.807, 2.05) is 0 Å². The quantitative estimate of drug-likeness (QED) is 0.406. The Labute approximate surface area is 47.9 Å². The Morgan fingerprint density at radius 1 is 1.62 bits per heavy atom. The van der Waals surface area contributed by atoms with Crippen LogP contribution in [0.2, 0.25) is 0 Å². The van der Waals surface area contributed by atoms with Crippen molar-refractivity contribution < 1.29 is 13.6 Å². The molecule has 0 rings (SSSR count). The molecule has 4 N–H and O–H groups in total. The molecule has 0 bridgehead atoms. The summed E-state index contributed by atoms with van der Waals surface area (Å²) in [5.74, 6) is 0. The van der Waals surface area contributed by atoms with Crippen LogP contribution in [0.3, 0.4) is 0 Å². The number of nitrogens with two attached hydrogens (primary N) is 2. The number of hydrogen-bond acceptors (Lipinski definition) is 5.